The quantitative estimate of drug-likeness (QED) is 0.358. The topological polar surface area (TPSA) is 87.8 Å². The first-order valence-electron chi connectivity index (χ1n) is 12.5. The molecule has 7 nitrogen and oxygen atoms in total. The van der Waals surface area contributed by atoms with Crippen molar-refractivity contribution >= 4 is 22.3 Å². The van der Waals surface area contributed by atoms with Crippen molar-refractivity contribution in [3.63, 3.8) is 0 Å². The molecule has 0 saturated heterocycles. The maximum Gasteiger partial charge on any atom is 0.332 e. The molecule has 0 amide bonds. The number of fused-ring (bicyclic) bond motifs is 1. The molecule has 2 aromatic carbocycles. The third-order valence-corrected chi connectivity index (χ3v) is 6.23. The Labute approximate surface area is 211 Å². The van der Waals surface area contributed by atoms with E-state index in [2.05, 4.69) is 32.1 Å². The molecule has 0 atom stereocenters. The lowest BCUT2D eigenvalue weighted by Crippen LogP contribution is -2.38. The van der Waals surface area contributed by atoms with E-state index in [1.165, 1.54) is 11.6 Å². The van der Waals surface area contributed by atoms with Gasteiger partial charge in [-0.2, -0.15) is 5.10 Å². The molecule has 0 fully saturated rings. The van der Waals surface area contributed by atoms with Crippen LogP contribution in [0.4, 0.5) is 5.69 Å². The van der Waals surface area contributed by atoms with Crippen LogP contribution in [0.5, 0.6) is 0 Å². The zero-order valence-electron chi connectivity index (χ0n) is 21.7. The van der Waals surface area contributed by atoms with Gasteiger partial charge in [0, 0.05) is 24.8 Å². The molecule has 0 radical (unpaired) electrons. The zero-order chi connectivity index (χ0) is 26.0. The average Bonchev–Trinajstić information content (AvgIpc) is 3.22. The summed E-state index contributed by atoms with van der Waals surface area (Å²) in [6, 6.07) is 17.7. The molecule has 4 aromatic rings. The summed E-state index contributed by atoms with van der Waals surface area (Å²) in [7, 11) is 1.53. The predicted molar refractivity (Wildman–Crippen MR) is 148 cm³/mol. The van der Waals surface area contributed by atoms with E-state index in [9.17, 15) is 9.59 Å². The molecule has 2 heterocycles. The van der Waals surface area contributed by atoms with Crippen LogP contribution in [-0.4, -0.2) is 18.9 Å². The molecule has 0 unspecified atom stereocenters. The highest BCUT2D eigenvalue weighted by molar-refractivity contribution is 5.91. The Kier molecular flexibility index (Phi) is 7.29. The monoisotopic (exact) mass is 485 g/mol. The first kappa shape index (κ1) is 25.2. The van der Waals surface area contributed by atoms with E-state index in [-0.39, 0.29) is 17.2 Å². The number of nitrogens with two attached hydrogens (primary N) is 1. The van der Waals surface area contributed by atoms with Gasteiger partial charge in [0.25, 0.3) is 5.56 Å². The van der Waals surface area contributed by atoms with Gasteiger partial charge in [0.05, 0.1) is 12.2 Å². The fourth-order valence-corrected chi connectivity index (χ4v) is 4.45. The summed E-state index contributed by atoms with van der Waals surface area (Å²) in [4.78, 5) is 26.6. The number of allylic oxidation sites excluding steroid dienone is 2. The van der Waals surface area contributed by atoms with Crippen molar-refractivity contribution in [2.45, 2.75) is 47.2 Å². The zero-order valence-corrected chi connectivity index (χ0v) is 21.7. The van der Waals surface area contributed by atoms with E-state index in [4.69, 9.17) is 10.8 Å². The van der Waals surface area contributed by atoms with Crippen molar-refractivity contribution in [3.05, 3.63) is 87.1 Å². The van der Waals surface area contributed by atoms with Gasteiger partial charge in [-0.15, -0.1) is 0 Å². The Bertz CT molecular complexity index is 1520. The second-order valence-electron chi connectivity index (χ2n) is 10.2. The maximum absolute atomic E-state index is 13.5. The summed E-state index contributed by atoms with van der Waals surface area (Å²) in [5.74, 6) is 0.701. The minimum Gasteiger partial charge on any atom is -0.399 e. The summed E-state index contributed by atoms with van der Waals surface area (Å²) in [6.07, 6.45) is 3.16. The van der Waals surface area contributed by atoms with Gasteiger partial charge in [0.15, 0.2) is 5.65 Å². The van der Waals surface area contributed by atoms with Crippen molar-refractivity contribution in [1.29, 1.82) is 0 Å². The predicted octanol–water partition coefficient (Wildman–Crippen LogP) is 4.93. The number of rotatable bonds is 8. The van der Waals surface area contributed by atoms with Crippen LogP contribution in [0.3, 0.4) is 0 Å². The molecule has 4 rings (SSSR count). The van der Waals surface area contributed by atoms with E-state index < -0.39 is 0 Å². The third kappa shape index (κ3) is 5.05. The second-order valence-corrected chi connectivity index (χ2v) is 10.2. The minimum atomic E-state index is -0.358. The lowest BCUT2D eigenvalue weighted by molar-refractivity contribution is 0.498. The van der Waals surface area contributed by atoms with Gasteiger partial charge in [-0.25, -0.2) is 4.79 Å². The molecular formula is C29H35N5O2. The highest BCUT2D eigenvalue weighted by Gasteiger charge is 2.23. The van der Waals surface area contributed by atoms with Crippen LogP contribution in [0, 0.1) is 11.8 Å². The molecule has 2 aromatic heterocycles. The molecule has 188 valence electrons. The lowest BCUT2D eigenvalue weighted by atomic mass is 10.0. The number of aromatic nitrogens is 4. The fourth-order valence-electron chi connectivity index (χ4n) is 4.45. The highest BCUT2D eigenvalue weighted by Crippen LogP contribution is 2.30. The van der Waals surface area contributed by atoms with Crippen molar-refractivity contribution in [2.24, 2.45) is 18.9 Å². The van der Waals surface area contributed by atoms with E-state index in [0.717, 1.165) is 23.1 Å². The van der Waals surface area contributed by atoms with Crippen LogP contribution in [0.15, 0.2) is 70.3 Å². The Morgan fingerprint density at radius 2 is 1.72 bits per heavy atom. The van der Waals surface area contributed by atoms with E-state index in [0.29, 0.717) is 41.4 Å². The van der Waals surface area contributed by atoms with Crippen LogP contribution >= 0.6 is 0 Å². The number of hydrogen-bond acceptors (Lipinski definition) is 4. The number of nitrogens with zero attached hydrogens (tertiary/aromatic N) is 4. The molecule has 0 saturated carbocycles. The number of nitrogen functional groups attached to an aromatic ring is 1. The maximum atomic E-state index is 13.5. The first-order chi connectivity index (χ1) is 17.2. The number of hydrogen-bond donors (Lipinski definition) is 1. The van der Waals surface area contributed by atoms with Crippen LogP contribution in [0.1, 0.15) is 39.7 Å². The smallest absolute Gasteiger partial charge is 0.332 e. The summed E-state index contributed by atoms with van der Waals surface area (Å²) >= 11 is 0. The first-order valence-corrected chi connectivity index (χ1v) is 12.5. The molecular weight excluding hydrogens is 450 g/mol. The van der Waals surface area contributed by atoms with E-state index in [1.807, 2.05) is 61.0 Å². The number of anilines is 1. The van der Waals surface area contributed by atoms with Gasteiger partial charge < -0.3 is 5.73 Å². The summed E-state index contributed by atoms with van der Waals surface area (Å²) in [5, 5.41) is 5.34. The summed E-state index contributed by atoms with van der Waals surface area (Å²) < 4.78 is 4.66. The number of benzene rings is 2. The van der Waals surface area contributed by atoms with Gasteiger partial charge in [-0.1, -0.05) is 76.2 Å². The molecule has 0 aliphatic rings. The van der Waals surface area contributed by atoms with Gasteiger partial charge >= 0.3 is 5.69 Å². The minimum absolute atomic E-state index is 0.204. The summed E-state index contributed by atoms with van der Waals surface area (Å²) in [5.41, 5.74) is 10.1. The summed E-state index contributed by atoms with van der Waals surface area (Å²) in [6.45, 7) is 9.38. The van der Waals surface area contributed by atoms with Gasteiger partial charge in [-0.3, -0.25) is 18.6 Å². The van der Waals surface area contributed by atoms with E-state index in [1.54, 1.807) is 4.57 Å². The van der Waals surface area contributed by atoms with Crippen molar-refractivity contribution in [1.82, 2.24) is 18.9 Å². The standard InChI is InChI=1S/C29H35N5O2/c1-19(2)14-15-23(21-10-7-6-8-11-21)18-34-26(22-12-9-13-24(30)16-22)25-27(31-34)33(17-20(3)4)29(36)32(5)28(25)35/h6-13,15-16,19-20H,14,17-18,30H2,1-5H3/b23-15+. The van der Waals surface area contributed by atoms with Crippen LogP contribution in [0.25, 0.3) is 27.9 Å². The molecule has 2 N–H and O–H groups in total. The van der Waals surface area contributed by atoms with Gasteiger partial charge in [0.1, 0.15) is 5.39 Å². The second kappa shape index (κ2) is 10.4. The molecule has 0 aliphatic carbocycles. The molecule has 0 bridgehead atoms. The Balaban J connectivity index is 2.03. The Hall–Kier alpha value is -3.87. The molecule has 0 spiro atoms. The Morgan fingerprint density at radius 3 is 2.36 bits per heavy atom. The van der Waals surface area contributed by atoms with Crippen molar-refractivity contribution < 1.29 is 0 Å². The van der Waals surface area contributed by atoms with Crippen LogP contribution in [0.2, 0.25) is 0 Å². The lowest BCUT2D eigenvalue weighted by Gasteiger charge is -2.13. The average molecular weight is 486 g/mol. The molecule has 0 aliphatic heterocycles. The molecule has 36 heavy (non-hydrogen) atoms. The van der Waals surface area contributed by atoms with Crippen molar-refractivity contribution in [2.75, 3.05) is 5.73 Å². The highest BCUT2D eigenvalue weighted by atomic mass is 16.2. The SMILES string of the molecule is CC(C)C/C=C(\Cn1nc2c(c1-c1cccc(N)c1)c(=O)n(C)c(=O)n2CC(C)C)c1ccccc1. The largest absolute Gasteiger partial charge is 0.399 e. The molecule has 7 heteroatoms. The van der Waals surface area contributed by atoms with Crippen molar-refractivity contribution in [3.8, 4) is 11.3 Å². The van der Waals surface area contributed by atoms with Gasteiger partial charge in [-0.05, 0) is 41.5 Å². The van der Waals surface area contributed by atoms with Gasteiger partial charge in [0.2, 0.25) is 0 Å². The van der Waals surface area contributed by atoms with Crippen LogP contribution < -0.4 is 17.0 Å². The fraction of sp³-hybridized carbons (Fsp3) is 0.345. The normalized spacial score (nSPS) is 12.2. The third-order valence-electron chi connectivity index (χ3n) is 6.23. The Morgan fingerprint density at radius 1 is 1.00 bits per heavy atom. The van der Waals surface area contributed by atoms with Crippen LogP contribution in [-0.2, 0) is 20.1 Å². The van der Waals surface area contributed by atoms with E-state index >= 15 is 0 Å².